The first-order valence-corrected chi connectivity index (χ1v) is 11.7. The minimum atomic E-state index is -0.649. The molecule has 0 aliphatic carbocycles. The number of rotatable bonds is 9. The van der Waals surface area contributed by atoms with Crippen molar-refractivity contribution in [1.29, 1.82) is 0 Å². The van der Waals surface area contributed by atoms with Gasteiger partial charge in [0.2, 0.25) is 11.8 Å². The van der Waals surface area contributed by atoms with E-state index < -0.39 is 6.04 Å². The minimum Gasteiger partial charge on any atom is -0.352 e. The molecule has 1 N–H and O–H groups in total. The molecule has 2 atom stereocenters. The van der Waals surface area contributed by atoms with Crippen LogP contribution in [0.4, 0.5) is 0 Å². The smallest absolute Gasteiger partial charge is 0.242 e. The molecule has 30 heavy (non-hydrogen) atoms. The Morgan fingerprint density at radius 2 is 1.67 bits per heavy atom. The molecule has 0 bridgehead atoms. The van der Waals surface area contributed by atoms with E-state index in [9.17, 15) is 9.59 Å². The zero-order valence-corrected chi connectivity index (χ0v) is 20.2. The second-order valence-corrected chi connectivity index (χ2v) is 9.32. The summed E-state index contributed by atoms with van der Waals surface area (Å²) in [5.74, 6) is -0.166. The molecule has 0 saturated carbocycles. The van der Waals surface area contributed by atoms with Gasteiger partial charge >= 0.3 is 0 Å². The number of carbonyl (C=O) groups is 2. The highest BCUT2D eigenvalue weighted by molar-refractivity contribution is 8.00. The van der Waals surface area contributed by atoms with E-state index in [1.54, 1.807) is 42.2 Å². The topological polar surface area (TPSA) is 49.4 Å². The zero-order valence-electron chi connectivity index (χ0n) is 17.1. The Balaban J connectivity index is 2.18. The molecule has 0 saturated heterocycles. The Morgan fingerprint density at radius 3 is 2.27 bits per heavy atom. The van der Waals surface area contributed by atoms with Crippen LogP contribution >= 0.6 is 46.6 Å². The van der Waals surface area contributed by atoms with Crippen molar-refractivity contribution in [2.24, 2.45) is 0 Å². The number of amides is 2. The molecule has 0 aromatic heterocycles. The van der Waals surface area contributed by atoms with Gasteiger partial charge in [-0.05, 0) is 62.2 Å². The standard InChI is InChI=1S/C22H25Cl3N2O2S/c1-4-14(2)26-22(29)15(3)27(12-16-5-6-18(24)11-20(16)25)21(28)13-30-19-9-7-17(23)8-10-19/h5-11,14-15H,4,12-13H2,1-3H3,(H,26,29)/t14-,15+/m0/s1. The van der Waals surface area contributed by atoms with Gasteiger partial charge in [0, 0.05) is 32.5 Å². The Labute approximate surface area is 197 Å². The normalized spacial score (nSPS) is 12.9. The SMILES string of the molecule is CC[C@H](C)NC(=O)[C@@H](C)N(Cc1ccc(Cl)cc1Cl)C(=O)CSc1ccc(Cl)cc1. The largest absolute Gasteiger partial charge is 0.352 e. The summed E-state index contributed by atoms with van der Waals surface area (Å²) in [6.45, 7) is 5.87. The van der Waals surface area contributed by atoms with E-state index in [0.717, 1.165) is 16.9 Å². The Kier molecular flexibility index (Phi) is 9.82. The molecule has 0 unspecified atom stereocenters. The average molecular weight is 488 g/mol. The lowest BCUT2D eigenvalue weighted by atomic mass is 10.1. The molecule has 0 spiro atoms. The number of nitrogens with one attached hydrogen (secondary N) is 1. The molecule has 2 rings (SSSR count). The first-order valence-electron chi connectivity index (χ1n) is 9.63. The molecule has 0 radical (unpaired) electrons. The highest BCUT2D eigenvalue weighted by Crippen LogP contribution is 2.25. The van der Waals surface area contributed by atoms with Crippen molar-refractivity contribution in [3.8, 4) is 0 Å². The predicted molar refractivity (Wildman–Crippen MR) is 127 cm³/mol. The second-order valence-electron chi connectivity index (χ2n) is 6.99. The maximum Gasteiger partial charge on any atom is 0.242 e. The summed E-state index contributed by atoms with van der Waals surface area (Å²) in [5, 5.41) is 4.56. The number of halogens is 3. The van der Waals surface area contributed by atoms with E-state index in [1.807, 2.05) is 26.0 Å². The van der Waals surface area contributed by atoms with Gasteiger partial charge in [-0.15, -0.1) is 11.8 Å². The summed E-state index contributed by atoms with van der Waals surface area (Å²) in [6.07, 6.45) is 0.807. The van der Waals surface area contributed by atoms with Gasteiger partial charge in [-0.3, -0.25) is 9.59 Å². The van der Waals surface area contributed by atoms with Crippen LogP contribution in [-0.4, -0.2) is 34.6 Å². The summed E-state index contributed by atoms with van der Waals surface area (Å²) in [6, 6.07) is 11.8. The fourth-order valence-corrected chi connectivity index (χ4v) is 4.02. The highest BCUT2D eigenvalue weighted by atomic mass is 35.5. The van der Waals surface area contributed by atoms with E-state index in [0.29, 0.717) is 15.1 Å². The van der Waals surface area contributed by atoms with Crippen molar-refractivity contribution in [1.82, 2.24) is 10.2 Å². The van der Waals surface area contributed by atoms with Gasteiger partial charge in [0.1, 0.15) is 6.04 Å². The summed E-state index contributed by atoms with van der Waals surface area (Å²) in [4.78, 5) is 28.3. The molecule has 0 aliphatic heterocycles. The maximum atomic E-state index is 13.1. The van der Waals surface area contributed by atoms with Gasteiger partial charge in [-0.1, -0.05) is 47.8 Å². The molecule has 2 amide bonds. The van der Waals surface area contributed by atoms with Crippen molar-refractivity contribution in [2.45, 2.75) is 50.7 Å². The lowest BCUT2D eigenvalue weighted by Gasteiger charge is -2.30. The Bertz CT molecular complexity index is 877. The number of thioether (sulfide) groups is 1. The first-order chi connectivity index (χ1) is 14.2. The third-order valence-corrected chi connectivity index (χ3v) is 6.54. The van der Waals surface area contributed by atoms with Crippen molar-refractivity contribution >= 4 is 58.4 Å². The van der Waals surface area contributed by atoms with Crippen molar-refractivity contribution in [2.75, 3.05) is 5.75 Å². The van der Waals surface area contributed by atoms with Crippen LogP contribution in [0, 0.1) is 0 Å². The predicted octanol–water partition coefficient (Wildman–Crippen LogP) is 6.07. The lowest BCUT2D eigenvalue weighted by molar-refractivity contribution is -0.138. The van der Waals surface area contributed by atoms with E-state index in [1.165, 1.54) is 11.8 Å². The highest BCUT2D eigenvalue weighted by Gasteiger charge is 2.27. The quantitative estimate of drug-likeness (QED) is 0.437. The molecule has 8 heteroatoms. The number of carbonyl (C=O) groups excluding carboxylic acids is 2. The van der Waals surface area contributed by atoms with Gasteiger partial charge in [0.05, 0.1) is 5.75 Å². The van der Waals surface area contributed by atoms with E-state index >= 15 is 0 Å². The second kappa shape index (κ2) is 11.8. The minimum absolute atomic E-state index is 0.0273. The van der Waals surface area contributed by atoms with Crippen LogP contribution in [0.25, 0.3) is 0 Å². The van der Waals surface area contributed by atoms with Gasteiger partial charge in [-0.25, -0.2) is 0 Å². The van der Waals surface area contributed by atoms with Crippen molar-refractivity contribution in [3.63, 3.8) is 0 Å². The molecule has 4 nitrogen and oxygen atoms in total. The number of hydrogen-bond acceptors (Lipinski definition) is 3. The van der Waals surface area contributed by atoms with Crippen molar-refractivity contribution < 1.29 is 9.59 Å². The van der Waals surface area contributed by atoms with Crippen LogP contribution in [0.5, 0.6) is 0 Å². The number of nitrogens with zero attached hydrogens (tertiary/aromatic N) is 1. The van der Waals surface area contributed by atoms with Gasteiger partial charge in [0.15, 0.2) is 0 Å². The first kappa shape index (κ1) is 24.9. The molecule has 2 aromatic rings. The Hall–Kier alpha value is -1.40. The van der Waals surface area contributed by atoms with Gasteiger partial charge in [0.25, 0.3) is 0 Å². The van der Waals surface area contributed by atoms with Crippen LogP contribution in [-0.2, 0) is 16.1 Å². The van der Waals surface area contributed by atoms with Gasteiger partial charge in [-0.2, -0.15) is 0 Å². The van der Waals surface area contributed by atoms with Crippen LogP contribution in [0.15, 0.2) is 47.4 Å². The van der Waals surface area contributed by atoms with E-state index in [4.69, 9.17) is 34.8 Å². The fraction of sp³-hybridized carbons (Fsp3) is 0.364. The molecule has 0 fully saturated rings. The van der Waals surface area contributed by atoms with E-state index in [2.05, 4.69) is 5.32 Å². The average Bonchev–Trinajstić information content (AvgIpc) is 2.72. The monoisotopic (exact) mass is 486 g/mol. The zero-order chi connectivity index (χ0) is 22.3. The molecular formula is C22H25Cl3N2O2S. The van der Waals surface area contributed by atoms with Crippen molar-refractivity contribution in [3.05, 3.63) is 63.1 Å². The molecule has 0 heterocycles. The summed E-state index contributed by atoms with van der Waals surface area (Å²) in [5.41, 5.74) is 0.731. The summed E-state index contributed by atoms with van der Waals surface area (Å²) < 4.78 is 0. The number of benzene rings is 2. The number of hydrogen-bond donors (Lipinski definition) is 1. The third-order valence-electron chi connectivity index (χ3n) is 4.70. The van der Waals surface area contributed by atoms with Crippen LogP contribution in [0.1, 0.15) is 32.8 Å². The van der Waals surface area contributed by atoms with Crippen LogP contribution in [0.3, 0.4) is 0 Å². The third kappa shape index (κ3) is 7.38. The summed E-state index contributed by atoms with van der Waals surface area (Å²) in [7, 11) is 0. The molecular weight excluding hydrogens is 463 g/mol. The summed E-state index contributed by atoms with van der Waals surface area (Å²) >= 11 is 19.6. The Morgan fingerprint density at radius 1 is 1.03 bits per heavy atom. The lowest BCUT2D eigenvalue weighted by Crippen LogP contribution is -2.50. The van der Waals surface area contributed by atoms with Crippen LogP contribution < -0.4 is 5.32 Å². The molecule has 162 valence electrons. The van der Waals surface area contributed by atoms with E-state index in [-0.39, 0.29) is 30.2 Å². The molecule has 0 aliphatic rings. The maximum absolute atomic E-state index is 13.1. The van der Waals surface area contributed by atoms with Crippen LogP contribution in [0.2, 0.25) is 15.1 Å². The molecule has 2 aromatic carbocycles. The van der Waals surface area contributed by atoms with Gasteiger partial charge < -0.3 is 10.2 Å². The fourth-order valence-electron chi connectivity index (χ4n) is 2.64.